The standard InChI is InChI=1S/C10H9N7O3/c11-9(8-10(12)16-20-15-8)14-13-5-6-2-1-3-7(4-6)17(18)19/h1-5H,(H2,11,14)(H2,12,16)/b13-5+. The fourth-order valence-corrected chi connectivity index (χ4v) is 1.30. The number of nitro benzene ring substituents is 1. The topological polar surface area (TPSA) is 159 Å². The molecule has 0 fully saturated rings. The maximum Gasteiger partial charge on any atom is 0.270 e. The van der Waals surface area contributed by atoms with Crippen LogP contribution in [0.5, 0.6) is 0 Å². The van der Waals surface area contributed by atoms with E-state index in [1.165, 1.54) is 24.4 Å². The number of nitrogens with two attached hydrogens (primary N) is 2. The van der Waals surface area contributed by atoms with Gasteiger partial charge in [-0.25, -0.2) is 4.63 Å². The summed E-state index contributed by atoms with van der Waals surface area (Å²) in [6, 6.07) is 5.89. The number of non-ortho nitro benzene ring substituents is 1. The normalized spacial score (nSPS) is 11.9. The molecule has 10 heteroatoms. The zero-order valence-corrected chi connectivity index (χ0v) is 10.0. The maximum absolute atomic E-state index is 10.6. The molecule has 4 N–H and O–H groups in total. The predicted molar refractivity (Wildman–Crippen MR) is 70.1 cm³/mol. The fourth-order valence-electron chi connectivity index (χ4n) is 1.30. The molecule has 0 aliphatic rings. The van der Waals surface area contributed by atoms with Crippen molar-refractivity contribution in [3.8, 4) is 0 Å². The lowest BCUT2D eigenvalue weighted by Crippen LogP contribution is -2.15. The summed E-state index contributed by atoms with van der Waals surface area (Å²) in [6.07, 6.45) is 1.31. The van der Waals surface area contributed by atoms with Crippen LogP contribution in [-0.4, -0.2) is 27.3 Å². The van der Waals surface area contributed by atoms with E-state index >= 15 is 0 Å². The number of nitrogen functional groups attached to an aromatic ring is 1. The van der Waals surface area contributed by atoms with Crippen LogP contribution in [-0.2, 0) is 0 Å². The van der Waals surface area contributed by atoms with Crippen molar-refractivity contribution in [2.45, 2.75) is 0 Å². The van der Waals surface area contributed by atoms with Crippen LogP contribution < -0.4 is 11.5 Å². The molecule has 1 aromatic heterocycles. The zero-order chi connectivity index (χ0) is 14.5. The summed E-state index contributed by atoms with van der Waals surface area (Å²) in [7, 11) is 0. The molecule has 0 saturated carbocycles. The number of nitro groups is 1. The van der Waals surface area contributed by atoms with Crippen LogP contribution in [0.1, 0.15) is 11.3 Å². The van der Waals surface area contributed by atoms with Crippen LogP contribution in [0.15, 0.2) is 39.1 Å². The molecule has 1 heterocycles. The van der Waals surface area contributed by atoms with Crippen molar-refractivity contribution < 1.29 is 9.55 Å². The first kappa shape index (κ1) is 13.1. The van der Waals surface area contributed by atoms with E-state index in [9.17, 15) is 10.1 Å². The van der Waals surface area contributed by atoms with Gasteiger partial charge in [0.15, 0.2) is 17.3 Å². The number of nitrogens with zero attached hydrogens (tertiary/aromatic N) is 5. The second-order valence-corrected chi connectivity index (χ2v) is 3.58. The molecule has 20 heavy (non-hydrogen) atoms. The van der Waals surface area contributed by atoms with Gasteiger partial charge in [-0.15, -0.1) is 5.10 Å². The van der Waals surface area contributed by atoms with Crippen LogP contribution >= 0.6 is 0 Å². The number of aromatic nitrogens is 2. The van der Waals surface area contributed by atoms with Gasteiger partial charge >= 0.3 is 0 Å². The molecule has 0 radical (unpaired) electrons. The van der Waals surface area contributed by atoms with Crippen molar-refractivity contribution in [2.75, 3.05) is 5.73 Å². The summed E-state index contributed by atoms with van der Waals surface area (Å²) in [6.45, 7) is 0. The van der Waals surface area contributed by atoms with Crippen molar-refractivity contribution in [3.63, 3.8) is 0 Å². The molecule has 0 saturated heterocycles. The summed E-state index contributed by atoms with van der Waals surface area (Å²) in [5.74, 6) is -0.0813. The first-order valence-electron chi connectivity index (χ1n) is 5.27. The van der Waals surface area contributed by atoms with Crippen LogP contribution in [0.3, 0.4) is 0 Å². The van der Waals surface area contributed by atoms with Gasteiger partial charge in [-0.05, 0) is 10.3 Å². The molecular weight excluding hydrogens is 266 g/mol. The Kier molecular flexibility index (Phi) is 3.65. The van der Waals surface area contributed by atoms with Gasteiger partial charge in [-0.3, -0.25) is 10.1 Å². The highest BCUT2D eigenvalue weighted by atomic mass is 16.6. The Morgan fingerprint density at radius 1 is 1.45 bits per heavy atom. The van der Waals surface area contributed by atoms with Gasteiger partial charge in [0, 0.05) is 17.7 Å². The van der Waals surface area contributed by atoms with Crippen molar-refractivity contribution in [3.05, 3.63) is 45.6 Å². The Hall–Kier alpha value is -3.30. The van der Waals surface area contributed by atoms with E-state index in [0.717, 1.165) is 0 Å². The Morgan fingerprint density at radius 3 is 2.90 bits per heavy atom. The lowest BCUT2D eigenvalue weighted by molar-refractivity contribution is -0.384. The summed E-state index contributed by atoms with van der Waals surface area (Å²) < 4.78 is 4.36. The molecule has 2 rings (SSSR count). The van der Waals surface area contributed by atoms with E-state index in [-0.39, 0.29) is 23.0 Å². The van der Waals surface area contributed by atoms with Crippen LogP contribution in [0, 0.1) is 10.1 Å². The first-order chi connectivity index (χ1) is 9.58. The highest BCUT2D eigenvalue weighted by Gasteiger charge is 2.10. The zero-order valence-electron chi connectivity index (χ0n) is 10.0. The summed E-state index contributed by atoms with van der Waals surface area (Å²) in [5.41, 5.74) is 11.5. The van der Waals surface area contributed by atoms with E-state index < -0.39 is 4.92 Å². The summed E-state index contributed by atoms with van der Waals surface area (Å²) in [4.78, 5) is 10.1. The van der Waals surface area contributed by atoms with Gasteiger partial charge in [-0.2, -0.15) is 5.10 Å². The minimum absolute atomic E-state index is 0.00296. The SMILES string of the molecule is NC(=N/N=C/c1cccc([N+](=O)[O-])c1)c1nonc1N. The van der Waals surface area contributed by atoms with Gasteiger partial charge in [0.1, 0.15) is 0 Å². The van der Waals surface area contributed by atoms with E-state index in [4.69, 9.17) is 11.5 Å². The summed E-state index contributed by atoms with van der Waals surface area (Å²) >= 11 is 0. The molecule has 0 spiro atoms. The minimum atomic E-state index is -0.503. The molecule has 0 amide bonds. The van der Waals surface area contributed by atoms with E-state index in [1.807, 2.05) is 0 Å². The van der Waals surface area contributed by atoms with Gasteiger partial charge in [-0.1, -0.05) is 12.1 Å². The molecule has 0 unspecified atom stereocenters. The molecule has 0 bridgehead atoms. The lowest BCUT2D eigenvalue weighted by Gasteiger charge is -1.93. The average Bonchev–Trinajstić information content (AvgIpc) is 2.85. The third-order valence-corrected chi connectivity index (χ3v) is 2.21. The van der Waals surface area contributed by atoms with Gasteiger partial charge < -0.3 is 11.5 Å². The lowest BCUT2D eigenvalue weighted by atomic mass is 10.2. The second kappa shape index (κ2) is 5.56. The highest BCUT2D eigenvalue weighted by Crippen LogP contribution is 2.11. The third kappa shape index (κ3) is 2.93. The molecule has 0 atom stereocenters. The number of hydrogen-bond donors (Lipinski definition) is 2. The van der Waals surface area contributed by atoms with Crippen molar-refractivity contribution >= 4 is 23.6 Å². The first-order valence-corrected chi connectivity index (χ1v) is 5.27. The Morgan fingerprint density at radius 2 is 2.25 bits per heavy atom. The van der Waals surface area contributed by atoms with Crippen LogP contribution in [0.2, 0.25) is 0 Å². The number of anilines is 1. The molecule has 0 aliphatic heterocycles. The predicted octanol–water partition coefficient (Wildman–Crippen LogP) is 0.299. The Labute approximate surface area is 111 Å². The number of amidine groups is 1. The monoisotopic (exact) mass is 275 g/mol. The smallest absolute Gasteiger partial charge is 0.270 e. The summed E-state index contributed by atoms with van der Waals surface area (Å²) in [5, 5.41) is 24.7. The molecule has 10 nitrogen and oxygen atoms in total. The average molecular weight is 275 g/mol. The third-order valence-electron chi connectivity index (χ3n) is 2.21. The number of hydrogen-bond acceptors (Lipinski definition) is 8. The van der Waals surface area contributed by atoms with Crippen molar-refractivity contribution in [1.29, 1.82) is 0 Å². The van der Waals surface area contributed by atoms with Gasteiger partial charge in [0.25, 0.3) is 5.69 Å². The Balaban J connectivity index is 2.16. The van der Waals surface area contributed by atoms with Crippen LogP contribution in [0.25, 0.3) is 0 Å². The quantitative estimate of drug-likeness (QED) is 0.351. The molecule has 0 aliphatic carbocycles. The van der Waals surface area contributed by atoms with Gasteiger partial charge in [0.2, 0.25) is 0 Å². The molecule has 1 aromatic carbocycles. The van der Waals surface area contributed by atoms with Crippen LogP contribution in [0.4, 0.5) is 11.5 Å². The molecule has 2 aromatic rings. The maximum atomic E-state index is 10.6. The van der Waals surface area contributed by atoms with Crippen molar-refractivity contribution in [1.82, 2.24) is 10.3 Å². The van der Waals surface area contributed by atoms with Crippen molar-refractivity contribution in [2.24, 2.45) is 15.9 Å². The van der Waals surface area contributed by atoms with Gasteiger partial charge in [0.05, 0.1) is 11.1 Å². The van der Waals surface area contributed by atoms with E-state index in [1.54, 1.807) is 6.07 Å². The fraction of sp³-hybridized carbons (Fsp3) is 0. The highest BCUT2D eigenvalue weighted by molar-refractivity contribution is 5.99. The van der Waals surface area contributed by atoms with E-state index in [2.05, 4.69) is 25.1 Å². The van der Waals surface area contributed by atoms with E-state index in [0.29, 0.717) is 5.56 Å². The number of rotatable bonds is 4. The largest absolute Gasteiger partial charge is 0.380 e. The minimum Gasteiger partial charge on any atom is -0.380 e. The molecular formula is C10H9N7O3. The molecule has 102 valence electrons. The Bertz CT molecular complexity index is 692. The number of benzene rings is 1. The second-order valence-electron chi connectivity index (χ2n) is 3.58.